The smallest absolute Gasteiger partial charge is 0.253 e. The van der Waals surface area contributed by atoms with E-state index in [1.54, 1.807) is 18.3 Å². The number of fused-ring (bicyclic) bond motifs is 1. The molecule has 0 saturated carbocycles. The van der Waals surface area contributed by atoms with Crippen LogP contribution in [0.25, 0.3) is 10.9 Å². The summed E-state index contributed by atoms with van der Waals surface area (Å²) < 4.78 is 0. The van der Waals surface area contributed by atoms with Crippen LogP contribution in [0.15, 0.2) is 54.9 Å². The Morgan fingerprint density at radius 1 is 1.12 bits per heavy atom. The molecule has 3 rings (SSSR count). The molecule has 2 aromatic heterocycles. The number of nitrogens with one attached hydrogen (secondary N) is 2. The second-order valence-electron chi connectivity index (χ2n) is 5.16. The number of aromatic nitrogens is 2. The highest BCUT2D eigenvalue weighted by molar-refractivity contribution is 5.94. The van der Waals surface area contributed by atoms with E-state index in [0.29, 0.717) is 17.9 Å². The van der Waals surface area contributed by atoms with Crippen molar-refractivity contribution < 1.29 is 4.79 Å². The number of terminal acetylenes is 1. The molecular formula is C19H16N4O. The molecule has 3 aromatic rings. The zero-order valence-electron chi connectivity index (χ0n) is 13.0. The summed E-state index contributed by atoms with van der Waals surface area (Å²) in [5.41, 5.74) is 2.53. The molecule has 0 atom stereocenters. The van der Waals surface area contributed by atoms with Crippen molar-refractivity contribution in [1.29, 1.82) is 0 Å². The molecule has 1 aromatic carbocycles. The minimum Gasteiger partial charge on any atom is -0.366 e. The molecule has 0 spiro atoms. The number of nitrogens with zero attached hydrogens (tertiary/aromatic N) is 2. The minimum absolute atomic E-state index is 0.201. The van der Waals surface area contributed by atoms with Crippen molar-refractivity contribution in [3.05, 3.63) is 66.0 Å². The van der Waals surface area contributed by atoms with E-state index in [4.69, 9.17) is 6.42 Å². The van der Waals surface area contributed by atoms with Crippen molar-refractivity contribution in [1.82, 2.24) is 15.3 Å². The number of rotatable bonds is 5. The molecular weight excluding hydrogens is 300 g/mol. The van der Waals surface area contributed by atoms with Crippen LogP contribution in [-0.4, -0.2) is 22.4 Å². The maximum atomic E-state index is 11.8. The van der Waals surface area contributed by atoms with Crippen molar-refractivity contribution in [2.75, 3.05) is 11.9 Å². The van der Waals surface area contributed by atoms with Gasteiger partial charge in [-0.2, -0.15) is 0 Å². The van der Waals surface area contributed by atoms with E-state index >= 15 is 0 Å². The number of anilines is 1. The molecule has 0 bridgehead atoms. The van der Waals surface area contributed by atoms with Crippen LogP contribution in [0.5, 0.6) is 0 Å². The van der Waals surface area contributed by atoms with E-state index < -0.39 is 0 Å². The van der Waals surface area contributed by atoms with Gasteiger partial charge < -0.3 is 10.6 Å². The first-order valence-electron chi connectivity index (χ1n) is 7.52. The van der Waals surface area contributed by atoms with Gasteiger partial charge in [-0.05, 0) is 23.8 Å². The van der Waals surface area contributed by atoms with Gasteiger partial charge in [0.25, 0.3) is 5.91 Å². The first kappa shape index (κ1) is 15.5. The Morgan fingerprint density at radius 3 is 2.79 bits per heavy atom. The van der Waals surface area contributed by atoms with Crippen LogP contribution >= 0.6 is 0 Å². The summed E-state index contributed by atoms with van der Waals surface area (Å²) >= 11 is 0. The molecule has 0 radical (unpaired) electrons. The van der Waals surface area contributed by atoms with Gasteiger partial charge in [0.2, 0.25) is 0 Å². The molecule has 0 aliphatic heterocycles. The largest absolute Gasteiger partial charge is 0.366 e. The number of amides is 1. The van der Waals surface area contributed by atoms with Crippen molar-refractivity contribution in [3.8, 4) is 12.3 Å². The highest BCUT2D eigenvalue weighted by Crippen LogP contribution is 2.17. The normalized spacial score (nSPS) is 10.1. The molecule has 24 heavy (non-hydrogen) atoms. The number of hydrogen-bond donors (Lipinski definition) is 2. The lowest BCUT2D eigenvalue weighted by atomic mass is 10.1. The van der Waals surface area contributed by atoms with Gasteiger partial charge in [-0.1, -0.05) is 30.2 Å². The van der Waals surface area contributed by atoms with E-state index in [1.807, 2.05) is 30.3 Å². The molecule has 0 fully saturated rings. The quantitative estimate of drug-likeness (QED) is 0.710. The Kier molecular flexibility index (Phi) is 4.68. The van der Waals surface area contributed by atoms with E-state index in [9.17, 15) is 4.79 Å². The number of para-hydroxylation sites is 1. The second-order valence-corrected chi connectivity index (χ2v) is 5.16. The van der Waals surface area contributed by atoms with Gasteiger partial charge in [0, 0.05) is 24.3 Å². The predicted molar refractivity (Wildman–Crippen MR) is 94.5 cm³/mol. The van der Waals surface area contributed by atoms with Crippen LogP contribution in [0.4, 0.5) is 5.82 Å². The van der Waals surface area contributed by atoms with Gasteiger partial charge in [0.05, 0.1) is 17.6 Å². The Labute approximate surface area is 140 Å². The Balaban J connectivity index is 1.68. The fraction of sp³-hybridized carbons (Fsp3) is 0.105. The van der Waals surface area contributed by atoms with Gasteiger partial charge in [-0.15, -0.1) is 6.42 Å². The highest BCUT2D eigenvalue weighted by atomic mass is 16.1. The van der Waals surface area contributed by atoms with Crippen LogP contribution < -0.4 is 10.6 Å². The van der Waals surface area contributed by atoms with Gasteiger partial charge in [0.1, 0.15) is 5.82 Å². The molecule has 2 heterocycles. The number of carbonyl (C=O) groups excluding carboxylic acids is 1. The number of pyridine rings is 2. The maximum absolute atomic E-state index is 11.8. The number of benzene rings is 1. The third-order valence-corrected chi connectivity index (χ3v) is 3.55. The third kappa shape index (κ3) is 3.50. The zero-order chi connectivity index (χ0) is 16.8. The molecule has 118 valence electrons. The molecule has 0 unspecified atom stereocenters. The lowest BCUT2D eigenvalue weighted by molar-refractivity contribution is 0.0958. The zero-order valence-corrected chi connectivity index (χ0v) is 13.0. The van der Waals surface area contributed by atoms with E-state index in [0.717, 1.165) is 16.5 Å². The summed E-state index contributed by atoms with van der Waals surface area (Å²) in [6, 6.07) is 13.5. The molecule has 2 N–H and O–H groups in total. The minimum atomic E-state index is -0.231. The summed E-state index contributed by atoms with van der Waals surface area (Å²) in [6.07, 6.45) is 8.43. The fourth-order valence-corrected chi connectivity index (χ4v) is 2.36. The van der Waals surface area contributed by atoms with Gasteiger partial charge >= 0.3 is 0 Å². The lowest BCUT2D eigenvalue weighted by Gasteiger charge is -2.08. The first-order valence-corrected chi connectivity index (χ1v) is 7.52. The Morgan fingerprint density at radius 2 is 2.00 bits per heavy atom. The highest BCUT2D eigenvalue weighted by Gasteiger charge is 2.06. The monoisotopic (exact) mass is 316 g/mol. The summed E-state index contributed by atoms with van der Waals surface area (Å²) in [4.78, 5) is 20.5. The fourth-order valence-electron chi connectivity index (χ4n) is 2.36. The third-order valence-electron chi connectivity index (χ3n) is 3.55. The molecule has 5 nitrogen and oxygen atoms in total. The van der Waals surface area contributed by atoms with E-state index in [-0.39, 0.29) is 12.5 Å². The summed E-state index contributed by atoms with van der Waals surface area (Å²) in [5.74, 6) is 2.82. The van der Waals surface area contributed by atoms with Crippen LogP contribution in [0.1, 0.15) is 15.9 Å². The van der Waals surface area contributed by atoms with E-state index in [1.165, 1.54) is 6.20 Å². The second kappa shape index (κ2) is 7.25. The lowest BCUT2D eigenvalue weighted by Crippen LogP contribution is -2.23. The number of hydrogen-bond acceptors (Lipinski definition) is 4. The van der Waals surface area contributed by atoms with Crippen molar-refractivity contribution in [3.63, 3.8) is 0 Å². The van der Waals surface area contributed by atoms with Crippen molar-refractivity contribution in [2.24, 2.45) is 0 Å². The van der Waals surface area contributed by atoms with Crippen LogP contribution in [0, 0.1) is 12.3 Å². The van der Waals surface area contributed by atoms with Gasteiger partial charge in [-0.25, -0.2) is 4.98 Å². The Hall–Kier alpha value is -3.39. The molecule has 5 heteroatoms. The van der Waals surface area contributed by atoms with Crippen LogP contribution in [0.3, 0.4) is 0 Å². The van der Waals surface area contributed by atoms with Crippen LogP contribution in [-0.2, 0) is 6.54 Å². The summed E-state index contributed by atoms with van der Waals surface area (Å²) in [5, 5.41) is 6.95. The van der Waals surface area contributed by atoms with E-state index in [2.05, 4.69) is 26.5 Å². The average Bonchev–Trinajstić information content (AvgIpc) is 2.64. The first-order chi connectivity index (χ1) is 11.8. The summed E-state index contributed by atoms with van der Waals surface area (Å²) in [6.45, 7) is 0.802. The number of carbonyl (C=O) groups is 1. The SMILES string of the molecule is C#CCNC(=O)c1ccc(NCc2cccc3cccnc23)nc1. The Bertz CT molecular complexity index is 892. The van der Waals surface area contributed by atoms with Crippen molar-refractivity contribution >= 4 is 22.6 Å². The predicted octanol–water partition coefficient (Wildman–Crippen LogP) is 2.60. The standard InChI is InChI=1S/C19H16N4O/c1-2-10-21-19(24)16-8-9-17(23-13-16)22-12-15-6-3-5-14-7-4-11-20-18(14)15/h1,3-9,11,13H,10,12H2,(H,21,24)(H,22,23). The van der Waals surface area contributed by atoms with Gasteiger partial charge in [0.15, 0.2) is 0 Å². The molecule has 1 amide bonds. The summed E-state index contributed by atoms with van der Waals surface area (Å²) in [7, 11) is 0. The van der Waals surface area contributed by atoms with Gasteiger partial charge in [-0.3, -0.25) is 9.78 Å². The maximum Gasteiger partial charge on any atom is 0.253 e. The van der Waals surface area contributed by atoms with Crippen LogP contribution in [0.2, 0.25) is 0 Å². The topological polar surface area (TPSA) is 66.9 Å². The molecule has 0 aliphatic carbocycles. The molecule has 0 aliphatic rings. The molecule has 0 saturated heterocycles. The average molecular weight is 316 g/mol. The van der Waals surface area contributed by atoms with Crippen molar-refractivity contribution in [2.45, 2.75) is 6.54 Å².